The standard InChI is InChI=1S/C17H21NO2/c1-3-4-5-6-7-14-12-16(19)18(17(14)20)15-10-8-13(2)9-11-15/h7-11H,3-6,12H2,1-2H3. The molecule has 2 amide bonds. The fraction of sp³-hybridized carbons (Fsp3) is 0.412. The summed E-state index contributed by atoms with van der Waals surface area (Å²) >= 11 is 0. The average molecular weight is 271 g/mol. The van der Waals surface area contributed by atoms with Gasteiger partial charge >= 0.3 is 0 Å². The Morgan fingerprint density at radius 2 is 1.85 bits per heavy atom. The minimum Gasteiger partial charge on any atom is -0.274 e. The topological polar surface area (TPSA) is 37.4 Å². The number of carbonyl (C=O) groups is 2. The third kappa shape index (κ3) is 3.16. The van der Waals surface area contributed by atoms with Crippen molar-refractivity contribution in [2.75, 3.05) is 4.90 Å². The number of benzene rings is 1. The highest BCUT2D eigenvalue weighted by Crippen LogP contribution is 2.26. The molecule has 0 spiro atoms. The Kier molecular flexibility index (Phi) is 4.72. The lowest BCUT2D eigenvalue weighted by molar-refractivity contribution is -0.120. The van der Waals surface area contributed by atoms with Crippen LogP contribution in [0, 0.1) is 6.92 Å². The van der Waals surface area contributed by atoms with Gasteiger partial charge in [-0.1, -0.05) is 43.5 Å². The number of allylic oxidation sites excluding steroid dienone is 1. The number of unbranched alkanes of at least 4 members (excludes halogenated alkanes) is 3. The fourth-order valence-corrected chi connectivity index (χ4v) is 2.36. The molecular formula is C17H21NO2. The number of hydrogen-bond donors (Lipinski definition) is 0. The summed E-state index contributed by atoms with van der Waals surface area (Å²) < 4.78 is 0. The summed E-state index contributed by atoms with van der Waals surface area (Å²) in [4.78, 5) is 25.6. The fourth-order valence-electron chi connectivity index (χ4n) is 2.36. The van der Waals surface area contributed by atoms with Crippen molar-refractivity contribution in [3.8, 4) is 0 Å². The number of nitrogens with zero attached hydrogens (tertiary/aromatic N) is 1. The van der Waals surface area contributed by atoms with Crippen LogP contribution in [0.1, 0.15) is 44.6 Å². The monoisotopic (exact) mass is 271 g/mol. The zero-order chi connectivity index (χ0) is 14.5. The molecule has 106 valence electrons. The van der Waals surface area contributed by atoms with Gasteiger partial charge in [-0.15, -0.1) is 0 Å². The lowest BCUT2D eigenvalue weighted by atomic mass is 10.1. The summed E-state index contributed by atoms with van der Waals surface area (Å²) in [6, 6.07) is 7.48. The van der Waals surface area contributed by atoms with Crippen molar-refractivity contribution in [1.82, 2.24) is 0 Å². The zero-order valence-corrected chi connectivity index (χ0v) is 12.2. The van der Waals surface area contributed by atoms with Crippen LogP contribution in [0.25, 0.3) is 0 Å². The molecule has 0 radical (unpaired) electrons. The Bertz CT molecular complexity index is 528. The lowest BCUT2D eigenvalue weighted by Gasteiger charge is -2.13. The van der Waals surface area contributed by atoms with Gasteiger partial charge in [-0.05, 0) is 31.9 Å². The third-order valence-electron chi connectivity index (χ3n) is 3.56. The minimum absolute atomic E-state index is 0.124. The van der Waals surface area contributed by atoms with Crippen molar-refractivity contribution in [3.63, 3.8) is 0 Å². The van der Waals surface area contributed by atoms with Crippen molar-refractivity contribution in [2.45, 2.75) is 46.0 Å². The van der Waals surface area contributed by atoms with E-state index in [1.807, 2.05) is 37.3 Å². The highest BCUT2D eigenvalue weighted by Gasteiger charge is 2.34. The Hall–Kier alpha value is -1.90. The second kappa shape index (κ2) is 6.51. The van der Waals surface area contributed by atoms with Crippen LogP contribution in [-0.4, -0.2) is 11.8 Å². The number of hydrogen-bond acceptors (Lipinski definition) is 2. The van der Waals surface area contributed by atoms with E-state index < -0.39 is 0 Å². The van der Waals surface area contributed by atoms with Gasteiger partial charge in [-0.2, -0.15) is 0 Å². The Labute approximate surface area is 120 Å². The van der Waals surface area contributed by atoms with Gasteiger partial charge in [0.2, 0.25) is 5.91 Å². The maximum atomic E-state index is 12.3. The summed E-state index contributed by atoms with van der Waals surface area (Å²) in [7, 11) is 0. The molecule has 0 N–H and O–H groups in total. The second-order valence-corrected chi connectivity index (χ2v) is 5.27. The highest BCUT2D eigenvalue weighted by atomic mass is 16.2. The molecule has 3 nitrogen and oxygen atoms in total. The first kappa shape index (κ1) is 14.5. The molecule has 1 aromatic rings. The normalized spacial score (nSPS) is 17.3. The molecule has 3 heteroatoms. The van der Waals surface area contributed by atoms with E-state index in [0.29, 0.717) is 11.3 Å². The van der Waals surface area contributed by atoms with Crippen LogP contribution in [0.2, 0.25) is 0 Å². The molecule has 0 saturated carbocycles. The summed E-state index contributed by atoms with van der Waals surface area (Å²) in [5, 5.41) is 0. The van der Waals surface area contributed by atoms with E-state index in [1.54, 1.807) is 0 Å². The molecule has 1 aliphatic heterocycles. The van der Waals surface area contributed by atoms with Gasteiger partial charge in [-0.3, -0.25) is 9.59 Å². The van der Waals surface area contributed by atoms with Crippen LogP contribution < -0.4 is 4.90 Å². The van der Waals surface area contributed by atoms with E-state index >= 15 is 0 Å². The van der Waals surface area contributed by atoms with Crippen LogP contribution in [0.4, 0.5) is 5.69 Å². The van der Waals surface area contributed by atoms with Gasteiger partial charge in [-0.25, -0.2) is 4.90 Å². The van der Waals surface area contributed by atoms with Crippen molar-refractivity contribution in [2.24, 2.45) is 0 Å². The molecule has 2 rings (SSSR count). The third-order valence-corrected chi connectivity index (χ3v) is 3.56. The van der Waals surface area contributed by atoms with E-state index in [1.165, 1.54) is 4.90 Å². The maximum absolute atomic E-state index is 12.3. The first-order valence-corrected chi connectivity index (χ1v) is 7.26. The van der Waals surface area contributed by atoms with Crippen LogP contribution >= 0.6 is 0 Å². The summed E-state index contributed by atoms with van der Waals surface area (Å²) in [6.45, 7) is 4.13. The van der Waals surface area contributed by atoms with Gasteiger partial charge < -0.3 is 0 Å². The van der Waals surface area contributed by atoms with Crippen molar-refractivity contribution < 1.29 is 9.59 Å². The van der Waals surface area contributed by atoms with Crippen LogP contribution in [0.5, 0.6) is 0 Å². The molecule has 0 unspecified atom stereocenters. The van der Waals surface area contributed by atoms with E-state index in [9.17, 15) is 9.59 Å². The zero-order valence-electron chi connectivity index (χ0n) is 12.2. The predicted molar refractivity (Wildman–Crippen MR) is 80.5 cm³/mol. The number of anilines is 1. The molecule has 1 saturated heterocycles. The van der Waals surface area contributed by atoms with E-state index in [-0.39, 0.29) is 18.2 Å². The molecule has 0 bridgehead atoms. The van der Waals surface area contributed by atoms with E-state index in [4.69, 9.17) is 0 Å². The first-order chi connectivity index (χ1) is 9.63. The average Bonchev–Trinajstić information content (AvgIpc) is 2.71. The number of aryl methyl sites for hydroxylation is 1. The molecule has 20 heavy (non-hydrogen) atoms. The molecular weight excluding hydrogens is 250 g/mol. The van der Waals surface area contributed by atoms with Crippen LogP contribution in [-0.2, 0) is 9.59 Å². The Balaban J connectivity index is 2.10. The van der Waals surface area contributed by atoms with E-state index in [2.05, 4.69) is 6.92 Å². The van der Waals surface area contributed by atoms with Crippen molar-refractivity contribution >= 4 is 17.5 Å². The maximum Gasteiger partial charge on any atom is 0.261 e. The molecule has 1 heterocycles. The van der Waals surface area contributed by atoms with Gasteiger partial charge in [0.05, 0.1) is 12.1 Å². The summed E-state index contributed by atoms with van der Waals surface area (Å²) in [5.74, 6) is -0.282. The number of carbonyl (C=O) groups excluding carboxylic acids is 2. The first-order valence-electron chi connectivity index (χ1n) is 7.26. The summed E-state index contributed by atoms with van der Waals surface area (Å²) in [6.07, 6.45) is 6.44. The molecule has 1 fully saturated rings. The molecule has 0 aliphatic carbocycles. The van der Waals surface area contributed by atoms with Gasteiger partial charge in [0.15, 0.2) is 0 Å². The Morgan fingerprint density at radius 3 is 2.50 bits per heavy atom. The Morgan fingerprint density at radius 1 is 1.15 bits per heavy atom. The largest absolute Gasteiger partial charge is 0.274 e. The number of imide groups is 1. The van der Waals surface area contributed by atoms with E-state index in [0.717, 1.165) is 31.2 Å². The predicted octanol–water partition coefficient (Wildman–Crippen LogP) is 3.77. The van der Waals surface area contributed by atoms with Gasteiger partial charge in [0.1, 0.15) is 0 Å². The quantitative estimate of drug-likeness (QED) is 0.464. The smallest absolute Gasteiger partial charge is 0.261 e. The summed E-state index contributed by atoms with van der Waals surface area (Å²) in [5.41, 5.74) is 2.43. The number of amides is 2. The lowest BCUT2D eigenvalue weighted by Crippen LogP contribution is -2.28. The molecule has 1 aromatic carbocycles. The van der Waals surface area contributed by atoms with Crippen molar-refractivity contribution in [3.05, 3.63) is 41.5 Å². The van der Waals surface area contributed by atoms with Gasteiger partial charge in [0.25, 0.3) is 5.91 Å². The molecule has 0 atom stereocenters. The minimum atomic E-state index is -0.157. The van der Waals surface area contributed by atoms with Gasteiger partial charge in [0, 0.05) is 5.57 Å². The highest BCUT2D eigenvalue weighted by molar-refractivity contribution is 6.28. The SMILES string of the molecule is CCCCCC=C1CC(=O)N(c2ccc(C)cc2)C1=O. The molecule has 1 aliphatic rings. The van der Waals surface area contributed by atoms with Crippen LogP contribution in [0.3, 0.4) is 0 Å². The van der Waals surface area contributed by atoms with Crippen molar-refractivity contribution in [1.29, 1.82) is 0 Å². The second-order valence-electron chi connectivity index (χ2n) is 5.27. The number of rotatable bonds is 5. The van der Waals surface area contributed by atoms with Crippen LogP contribution in [0.15, 0.2) is 35.9 Å². The molecule has 0 aromatic heterocycles.